The van der Waals surface area contributed by atoms with Crippen LogP contribution in [-0.2, 0) is 0 Å². The third-order valence-electron chi connectivity index (χ3n) is 2.15. The van der Waals surface area contributed by atoms with Crippen molar-refractivity contribution in [2.75, 3.05) is 0 Å². The first-order valence-corrected chi connectivity index (χ1v) is 4.97. The lowest BCUT2D eigenvalue weighted by molar-refractivity contribution is 0.272. The molecule has 3 nitrogen and oxygen atoms in total. The Morgan fingerprint density at radius 2 is 2.07 bits per heavy atom. The molecule has 1 unspecified atom stereocenters. The van der Waals surface area contributed by atoms with Crippen LogP contribution in [-0.4, -0.2) is 6.10 Å². The van der Waals surface area contributed by atoms with Crippen molar-refractivity contribution in [3.8, 4) is 11.8 Å². The number of aryl methyl sites for hydroxylation is 1. The highest BCUT2D eigenvalue weighted by Gasteiger charge is 2.10. The minimum atomic E-state index is -0.454. The number of ether oxygens (including phenoxy) is 1. The van der Waals surface area contributed by atoms with E-state index in [0.29, 0.717) is 5.75 Å². The molecular formula is C12H16N2O. The van der Waals surface area contributed by atoms with Crippen LogP contribution in [0.4, 0.5) is 0 Å². The lowest BCUT2D eigenvalue weighted by atomic mass is 10.1. The van der Waals surface area contributed by atoms with E-state index >= 15 is 0 Å². The molecule has 0 aromatic heterocycles. The van der Waals surface area contributed by atoms with Gasteiger partial charge in [-0.1, -0.05) is 12.1 Å². The Morgan fingerprint density at radius 3 is 2.60 bits per heavy atom. The molecule has 0 spiro atoms. The fourth-order valence-corrected chi connectivity index (χ4v) is 1.34. The van der Waals surface area contributed by atoms with E-state index in [1.54, 1.807) is 6.92 Å². The number of nitrogens with zero attached hydrogens (tertiary/aromatic N) is 1. The zero-order chi connectivity index (χ0) is 11.4. The second-order valence-corrected chi connectivity index (χ2v) is 3.72. The van der Waals surface area contributed by atoms with Crippen LogP contribution in [0.2, 0.25) is 0 Å². The largest absolute Gasteiger partial charge is 0.476 e. The Morgan fingerprint density at radius 1 is 1.40 bits per heavy atom. The molecule has 1 rings (SSSR count). The Balaban J connectivity index is 3.03. The number of nitriles is 1. The van der Waals surface area contributed by atoms with E-state index in [4.69, 9.17) is 15.7 Å². The molecule has 0 aliphatic carbocycles. The number of benzene rings is 1. The topological polar surface area (TPSA) is 59.0 Å². The normalized spacial score (nSPS) is 14.1. The van der Waals surface area contributed by atoms with E-state index in [0.717, 1.165) is 11.1 Å². The van der Waals surface area contributed by atoms with Gasteiger partial charge in [0.1, 0.15) is 11.8 Å². The Bertz CT molecular complexity index is 380. The first kappa shape index (κ1) is 11.5. The average Bonchev–Trinajstić information content (AvgIpc) is 2.17. The summed E-state index contributed by atoms with van der Waals surface area (Å²) in [5.74, 6) is 0.707. The fraction of sp³-hybridized carbons (Fsp3) is 0.417. The molecule has 0 heterocycles. The Labute approximate surface area is 90.5 Å². The van der Waals surface area contributed by atoms with Crippen molar-refractivity contribution >= 4 is 0 Å². The molecule has 0 bridgehead atoms. The lowest BCUT2D eigenvalue weighted by Gasteiger charge is -2.15. The molecule has 0 saturated heterocycles. The third-order valence-corrected chi connectivity index (χ3v) is 2.15. The molecule has 0 aliphatic rings. The first-order chi connectivity index (χ1) is 7.04. The molecular weight excluding hydrogens is 188 g/mol. The van der Waals surface area contributed by atoms with Gasteiger partial charge in [-0.3, -0.25) is 0 Å². The molecule has 0 amide bonds. The maximum atomic E-state index is 8.69. The van der Waals surface area contributed by atoms with Crippen molar-refractivity contribution in [3.63, 3.8) is 0 Å². The average molecular weight is 204 g/mol. The van der Waals surface area contributed by atoms with Gasteiger partial charge in [0.05, 0.1) is 0 Å². The molecule has 2 atom stereocenters. The Hall–Kier alpha value is -1.53. The van der Waals surface area contributed by atoms with E-state index in [2.05, 4.69) is 0 Å². The molecule has 1 aromatic carbocycles. The predicted octanol–water partition coefficient (Wildman–Crippen LogP) is 2.31. The molecule has 15 heavy (non-hydrogen) atoms. The first-order valence-electron chi connectivity index (χ1n) is 4.97. The second-order valence-electron chi connectivity index (χ2n) is 3.72. The van der Waals surface area contributed by atoms with Gasteiger partial charge in [0.2, 0.25) is 0 Å². The molecule has 2 N–H and O–H groups in total. The summed E-state index contributed by atoms with van der Waals surface area (Å²) in [4.78, 5) is 0. The maximum absolute atomic E-state index is 8.69. The van der Waals surface area contributed by atoms with Gasteiger partial charge in [-0.25, -0.2) is 0 Å². The fourth-order valence-electron chi connectivity index (χ4n) is 1.34. The van der Waals surface area contributed by atoms with E-state index in [1.807, 2.05) is 38.1 Å². The molecule has 1 aromatic rings. The lowest BCUT2D eigenvalue weighted by Crippen LogP contribution is -2.13. The summed E-state index contributed by atoms with van der Waals surface area (Å²) in [6, 6.07) is 7.79. The summed E-state index contributed by atoms with van der Waals surface area (Å²) < 4.78 is 5.50. The highest BCUT2D eigenvalue weighted by molar-refractivity contribution is 5.39. The maximum Gasteiger partial charge on any atom is 0.181 e. The second kappa shape index (κ2) is 4.81. The van der Waals surface area contributed by atoms with Gasteiger partial charge in [-0.15, -0.1) is 0 Å². The molecule has 0 saturated carbocycles. The zero-order valence-corrected chi connectivity index (χ0v) is 9.32. The van der Waals surface area contributed by atoms with Gasteiger partial charge in [-0.2, -0.15) is 5.26 Å². The van der Waals surface area contributed by atoms with Crippen LogP contribution in [0.15, 0.2) is 18.2 Å². The van der Waals surface area contributed by atoms with Crippen LogP contribution in [0.3, 0.4) is 0 Å². The van der Waals surface area contributed by atoms with Crippen LogP contribution in [0, 0.1) is 18.3 Å². The number of hydrogen-bond donors (Lipinski definition) is 1. The van der Waals surface area contributed by atoms with Gasteiger partial charge in [-0.05, 0) is 32.4 Å². The number of hydrogen-bond acceptors (Lipinski definition) is 3. The zero-order valence-electron chi connectivity index (χ0n) is 9.32. The van der Waals surface area contributed by atoms with Gasteiger partial charge >= 0.3 is 0 Å². The van der Waals surface area contributed by atoms with Crippen LogP contribution < -0.4 is 10.5 Å². The standard InChI is InChI=1S/C12H16N2O/c1-8-4-5-11(10(3)14)12(6-8)15-9(2)7-13/h4-6,9-10H,14H2,1-3H3/t9?,10-/m1/s1. The molecule has 80 valence electrons. The number of rotatable bonds is 3. The molecule has 3 heteroatoms. The van der Waals surface area contributed by atoms with Crippen molar-refractivity contribution in [2.24, 2.45) is 5.73 Å². The minimum Gasteiger partial charge on any atom is -0.476 e. The van der Waals surface area contributed by atoms with Crippen LogP contribution in [0.1, 0.15) is 31.0 Å². The van der Waals surface area contributed by atoms with Gasteiger partial charge in [0.15, 0.2) is 6.10 Å². The van der Waals surface area contributed by atoms with Crippen molar-refractivity contribution in [1.82, 2.24) is 0 Å². The monoisotopic (exact) mass is 204 g/mol. The molecule has 0 radical (unpaired) electrons. The smallest absolute Gasteiger partial charge is 0.181 e. The SMILES string of the molecule is Cc1ccc([C@@H](C)N)c(OC(C)C#N)c1. The molecule has 0 fully saturated rings. The summed E-state index contributed by atoms with van der Waals surface area (Å²) in [6.07, 6.45) is -0.454. The van der Waals surface area contributed by atoms with Crippen molar-refractivity contribution < 1.29 is 4.74 Å². The van der Waals surface area contributed by atoms with E-state index in [-0.39, 0.29) is 6.04 Å². The van der Waals surface area contributed by atoms with Gasteiger partial charge < -0.3 is 10.5 Å². The summed E-state index contributed by atoms with van der Waals surface area (Å²) >= 11 is 0. The Kier molecular flexibility index (Phi) is 3.70. The number of nitrogens with two attached hydrogens (primary N) is 1. The summed E-state index contributed by atoms with van der Waals surface area (Å²) in [5.41, 5.74) is 7.85. The quantitative estimate of drug-likeness (QED) is 0.821. The molecule has 0 aliphatic heterocycles. The van der Waals surface area contributed by atoms with E-state index < -0.39 is 6.10 Å². The van der Waals surface area contributed by atoms with Crippen LogP contribution in [0.25, 0.3) is 0 Å². The summed E-state index contributed by atoms with van der Waals surface area (Å²) in [5, 5.41) is 8.69. The van der Waals surface area contributed by atoms with Gasteiger partial charge in [0.25, 0.3) is 0 Å². The van der Waals surface area contributed by atoms with Crippen molar-refractivity contribution in [3.05, 3.63) is 29.3 Å². The van der Waals surface area contributed by atoms with E-state index in [1.165, 1.54) is 0 Å². The van der Waals surface area contributed by atoms with Crippen LogP contribution in [0.5, 0.6) is 5.75 Å². The van der Waals surface area contributed by atoms with Gasteiger partial charge in [0, 0.05) is 11.6 Å². The van der Waals surface area contributed by atoms with Crippen molar-refractivity contribution in [1.29, 1.82) is 5.26 Å². The van der Waals surface area contributed by atoms with E-state index in [9.17, 15) is 0 Å². The minimum absolute atomic E-state index is 0.0912. The third kappa shape index (κ3) is 2.97. The van der Waals surface area contributed by atoms with Crippen molar-refractivity contribution in [2.45, 2.75) is 32.9 Å². The highest BCUT2D eigenvalue weighted by atomic mass is 16.5. The van der Waals surface area contributed by atoms with Crippen LogP contribution >= 0.6 is 0 Å². The summed E-state index contributed by atoms with van der Waals surface area (Å²) in [6.45, 7) is 5.59. The summed E-state index contributed by atoms with van der Waals surface area (Å²) in [7, 11) is 0. The predicted molar refractivity (Wildman–Crippen MR) is 59.5 cm³/mol. The highest BCUT2D eigenvalue weighted by Crippen LogP contribution is 2.25.